The zero-order valence-electron chi connectivity index (χ0n) is 11.5. The molecule has 20 heavy (non-hydrogen) atoms. The van der Waals surface area contributed by atoms with Gasteiger partial charge in [-0.15, -0.1) is 0 Å². The molecule has 2 aromatic rings. The predicted molar refractivity (Wildman–Crippen MR) is 79.2 cm³/mol. The number of benzene rings is 2. The Morgan fingerprint density at radius 2 is 1.80 bits per heavy atom. The number of anilines is 1. The van der Waals surface area contributed by atoms with Gasteiger partial charge in [-0.1, -0.05) is 25.1 Å². The first-order chi connectivity index (χ1) is 9.47. The lowest BCUT2D eigenvalue weighted by Crippen LogP contribution is -2.19. The van der Waals surface area contributed by atoms with Gasteiger partial charge in [-0.25, -0.2) is 0 Å². The van der Waals surface area contributed by atoms with E-state index >= 15 is 0 Å². The van der Waals surface area contributed by atoms with Crippen molar-refractivity contribution in [3.8, 4) is 0 Å². The highest BCUT2D eigenvalue weighted by Crippen LogP contribution is 2.21. The molecule has 0 spiro atoms. The molecule has 0 saturated carbocycles. The molecule has 0 heterocycles. The van der Waals surface area contributed by atoms with Crippen LogP contribution in [0, 0.1) is 5.92 Å². The third kappa shape index (κ3) is 3.15. The lowest BCUT2D eigenvalue weighted by Gasteiger charge is -2.10. The predicted octanol–water partition coefficient (Wildman–Crippen LogP) is 3.18. The standard InChI is InChI=1S/C16H17NO3/c1-10(16(19)20)9-17-15-6-5-13-7-12(11(2)18)3-4-14(13)8-15/h3-8,10,17H,9H2,1-2H3,(H,19,20)/t10-/m0/s1. The van der Waals surface area contributed by atoms with Gasteiger partial charge in [0.15, 0.2) is 5.78 Å². The quantitative estimate of drug-likeness (QED) is 0.820. The van der Waals surface area contributed by atoms with Gasteiger partial charge in [0.1, 0.15) is 0 Å². The van der Waals surface area contributed by atoms with Crippen molar-refractivity contribution in [3.63, 3.8) is 0 Å². The molecule has 1 atom stereocenters. The van der Waals surface area contributed by atoms with Crippen molar-refractivity contribution < 1.29 is 14.7 Å². The molecule has 2 N–H and O–H groups in total. The van der Waals surface area contributed by atoms with Crippen molar-refractivity contribution in [1.82, 2.24) is 0 Å². The Morgan fingerprint density at radius 1 is 1.15 bits per heavy atom. The number of hydrogen-bond acceptors (Lipinski definition) is 3. The van der Waals surface area contributed by atoms with E-state index < -0.39 is 11.9 Å². The molecule has 0 unspecified atom stereocenters. The van der Waals surface area contributed by atoms with Gasteiger partial charge in [0.2, 0.25) is 0 Å². The van der Waals surface area contributed by atoms with Crippen molar-refractivity contribution >= 4 is 28.2 Å². The van der Waals surface area contributed by atoms with E-state index in [0.29, 0.717) is 12.1 Å². The first kappa shape index (κ1) is 14.1. The second-order valence-corrected chi connectivity index (χ2v) is 4.95. The van der Waals surface area contributed by atoms with Gasteiger partial charge < -0.3 is 10.4 Å². The smallest absolute Gasteiger partial charge is 0.308 e. The summed E-state index contributed by atoms with van der Waals surface area (Å²) in [6.45, 7) is 3.59. The van der Waals surface area contributed by atoms with E-state index in [-0.39, 0.29) is 5.78 Å². The fourth-order valence-corrected chi connectivity index (χ4v) is 1.93. The third-order valence-corrected chi connectivity index (χ3v) is 3.28. The number of rotatable bonds is 5. The van der Waals surface area contributed by atoms with Crippen LogP contribution in [-0.2, 0) is 4.79 Å². The number of hydrogen-bond donors (Lipinski definition) is 2. The molecule has 0 aliphatic rings. The van der Waals surface area contributed by atoms with E-state index in [4.69, 9.17) is 5.11 Å². The molecule has 4 heteroatoms. The third-order valence-electron chi connectivity index (χ3n) is 3.28. The van der Waals surface area contributed by atoms with Crippen molar-refractivity contribution in [2.24, 2.45) is 5.92 Å². The molecule has 4 nitrogen and oxygen atoms in total. The molecule has 0 amide bonds. The van der Waals surface area contributed by atoms with Crippen molar-refractivity contribution in [1.29, 1.82) is 0 Å². The highest BCUT2D eigenvalue weighted by Gasteiger charge is 2.10. The average Bonchev–Trinajstić information content (AvgIpc) is 2.43. The van der Waals surface area contributed by atoms with E-state index in [0.717, 1.165) is 16.5 Å². The van der Waals surface area contributed by atoms with E-state index in [1.807, 2.05) is 30.3 Å². The summed E-state index contributed by atoms with van der Waals surface area (Å²) >= 11 is 0. The summed E-state index contributed by atoms with van der Waals surface area (Å²) in [6.07, 6.45) is 0. The van der Waals surface area contributed by atoms with Crippen LogP contribution in [-0.4, -0.2) is 23.4 Å². The number of aliphatic carboxylic acids is 1. The van der Waals surface area contributed by atoms with Crippen LogP contribution in [0.5, 0.6) is 0 Å². The first-order valence-electron chi connectivity index (χ1n) is 6.49. The van der Waals surface area contributed by atoms with Gasteiger partial charge >= 0.3 is 5.97 Å². The van der Waals surface area contributed by atoms with Gasteiger partial charge in [-0.2, -0.15) is 0 Å². The maximum absolute atomic E-state index is 11.3. The van der Waals surface area contributed by atoms with Crippen molar-refractivity contribution in [2.45, 2.75) is 13.8 Å². The molecule has 0 aromatic heterocycles. The van der Waals surface area contributed by atoms with E-state index in [2.05, 4.69) is 5.32 Å². The van der Waals surface area contributed by atoms with Gasteiger partial charge in [-0.05, 0) is 35.9 Å². The Hall–Kier alpha value is -2.36. The lowest BCUT2D eigenvalue weighted by molar-refractivity contribution is -0.140. The van der Waals surface area contributed by atoms with Crippen LogP contribution in [0.15, 0.2) is 36.4 Å². The Bertz CT molecular complexity index is 664. The Kier molecular flexibility index (Phi) is 4.03. The maximum Gasteiger partial charge on any atom is 0.308 e. The molecule has 2 rings (SSSR count). The highest BCUT2D eigenvalue weighted by atomic mass is 16.4. The van der Waals surface area contributed by atoms with Gasteiger partial charge in [0.25, 0.3) is 0 Å². The summed E-state index contributed by atoms with van der Waals surface area (Å²) in [7, 11) is 0. The molecule has 0 fully saturated rings. The van der Waals surface area contributed by atoms with Crippen LogP contribution in [0.25, 0.3) is 10.8 Å². The molecule has 0 bridgehead atoms. The maximum atomic E-state index is 11.3. The van der Waals surface area contributed by atoms with Crippen LogP contribution < -0.4 is 5.32 Å². The van der Waals surface area contributed by atoms with Crippen LogP contribution in [0.2, 0.25) is 0 Å². The summed E-state index contributed by atoms with van der Waals surface area (Å²) < 4.78 is 0. The molecule has 2 aromatic carbocycles. The molecule has 0 radical (unpaired) electrons. The van der Waals surface area contributed by atoms with Gasteiger partial charge in [0, 0.05) is 17.8 Å². The van der Waals surface area contributed by atoms with E-state index in [1.54, 1.807) is 19.9 Å². The second-order valence-electron chi connectivity index (χ2n) is 4.95. The zero-order chi connectivity index (χ0) is 14.7. The Morgan fingerprint density at radius 3 is 2.45 bits per heavy atom. The van der Waals surface area contributed by atoms with Crippen molar-refractivity contribution in [3.05, 3.63) is 42.0 Å². The van der Waals surface area contributed by atoms with Gasteiger partial charge in [-0.3, -0.25) is 9.59 Å². The number of nitrogens with one attached hydrogen (secondary N) is 1. The molecular formula is C16H17NO3. The first-order valence-corrected chi connectivity index (χ1v) is 6.49. The molecule has 104 valence electrons. The fraction of sp³-hybridized carbons (Fsp3) is 0.250. The van der Waals surface area contributed by atoms with Crippen LogP contribution >= 0.6 is 0 Å². The Balaban J connectivity index is 2.19. The SMILES string of the molecule is CC(=O)c1ccc2cc(NC[C@H](C)C(=O)O)ccc2c1. The van der Waals surface area contributed by atoms with E-state index in [9.17, 15) is 9.59 Å². The van der Waals surface area contributed by atoms with Crippen molar-refractivity contribution in [2.75, 3.05) is 11.9 Å². The summed E-state index contributed by atoms with van der Waals surface area (Å²) in [5.41, 5.74) is 1.57. The minimum atomic E-state index is -0.815. The molecule has 0 saturated heterocycles. The second kappa shape index (κ2) is 5.74. The normalized spacial score (nSPS) is 12.1. The monoisotopic (exact) mass is 271 g/mol. The highest BCUT2D eigenvalue weighted by molar-refractivity contribution is 5.99. The summed E-state index contributed by atoms with van der Waals surface area (Å²) in [5, 5.41) is 14.0. The summed E-state index contributed by atoms with van der Waals surface area (Å²) in [4.78, 5) is 22.1. The minimum absolute atomic E-state index is 0.0457. The average molecular weight is 271 g/mol. The lowest BCUT2D eigenvalue weighted by atomic mass is 10.0. The topological polar surface area (TPSA) is 66.4 Å². The minimum Gasteiger partial charge on any atom is -0.481 e. The number of Topliss-reactive ketones (excluding diaryl/α,β-unsaturated/α-hetero) is 1. The summed E-state index contributed by atoms with van der Waals surface area (Å²) in [5.74, 6) is -1.21. The fourth-order valence-electron chi connectivity index (χ4n) is 1.93. The Labute approximate surface area is 117 Å². The largest absolute Gasteiger partial charge is 0.481 e. The number of fused-ring (bicyclic) bond motifs is 1. The molecular weight excluding hydrogens is 254 g/mol. The van der Waals surface area contributed by atoms with E-state index in [1.165, 1.54) is 0 Å². The van der Waals surface area contributed by atoms with Crippen LogP contribution in [0.4, 0.5) is 5.69 Å². The number of ketones is 1. The number of carboxylic acid groups (broad SMARTS) is 1. The number of carbonyl (C=O) groups is 2. The number of carboxylic acids is 1. The van der Waals surface area contributed by atoms with Gasteiger partial charge in [0.05, 0.1) is 5.92 Å². The molecule has 0 aliphatic heterocycles. The summed E-state index contributed by atoms with van der Waals surface area (Å²) in [6, 6.07) is 11.3. The number of carbonyl (C=O) groups excluding carboxylic acids is 1. The van der Waals surface area contributed by atoms with Crippen LogP contribution in [0.3, 0.4) is 0 Å². The van der Waals surface area contributed by atoms with Crippen LogP contribution in [0.1, 0.15) is 24.2 Å². The molecule has 0 aliphatic carbocycles. The zero-order valence-corrected chi connectivity index (χ0v) is 11.5.